The molecule has 1 N–H and O–H groups in total. The molecule has 2 atom stereocenters. The van der Waals surface area contributed by atoms with E-state index in [9.17, 15) is 14.0 Å². The maximum absolute atomic E-state index is 13.7. The van der Waals surface area contributed by atoms with E-state index in [4.69, 9.17) is 0 Å². The molecule has 4 nitrogen and oxygen atoms in total. The zero-order valence-electron chi connectivity index (χ0n) is 16.3. The number of benzene rings is 1. The maximum Gasteiger partial charge on any atom is 0.255 e. The van der Waals surface area contributed by atoms with Crippen LogP contribution in [0, 0.1) is 11.7 Å². The normalized spacial score (nSPS) is 24.1. The van der Waals surface area contributed by atoms with Crippen LogP contribution in [0.3, 0.4) is 0 Å². The molecule has 1 aromatic carbocycles. The molecule has 1 aromatic rings. The highest BCUT2D eigenvalue weighted by Crippen LogP contribution is 2.41. The van der Waals surface area contributed by atoms with Crippen molar-refractivity contribution in [3.05, 3.63) is 35.6 Å². The lowest BCUT2D eigenvalue weighted by Gasteiger charge is -2.36. The molecule has 0 aromatic heterocycles. The highest BCUT2D eigenvalue weighted by molar-refractivity contribution is 8.00. The Bertz CT molecular complexity index is 698. The van der Waals surface area contributed by atoms with E-state index < -0.39 is 11.9 Å². The number of rotatable bonds is 3. The first-order valence-corrected chi connectivity index (χ1v) is 10.8. The molecule has 27 heavy (non-hydrogen) atoms. The van der Waals surface area contributed by atoms with Gasteiger partial charge in [-0.1, -0.05) is 25.3 Å². The van der Waals surface area contributed by atoms with Crippen LogP contribution in [0.5, 0.6) is 0 Å². The summed E-state index contributed by atoms with van der Waals surface area (Å²) in [6.45, 7) is 5.80. The maximum atomic E-state index is 13.7. The molecule has 3 rings (SSSR count). The number of amides is 2. The van der Waals surface area contributed by atoms with Crippen molar-refractivity contribution in [3.8, 4) is 0 Å². The quantitative estimate of drug-likeness (QED) is 0.839. The number of hydrogen-bond acceptors (Lipinski definition) is 3. The summed E-state index contributed by atoms with van der Waals surface area (Å²) in [6, 6.07) is 5.26. The molecule has 1 heterocycles. The molecular weight excluding hydrogens is 363 g/mol. The average molecular weight is 393 g/mol. The zero-order chi connectivity index (χ0) is 19.6. The van der Waals surface area contributed by atoms with Crippen LogP contribution < -0.4 is 5.32 Å². The van der Waals surface area contributed by atoms with Crippen molar-refractivity contribution in [2.75, 3.05) is 5.75 Å². The third kappa shape index (κ3) is 4.84. The van der Waals surface area contributed by atoms with E-state index in [1.165, 1.54) is 31.4 Å². The van der Waals surface area contributed by atoms with E-state index in [2.05, 4.69) is 5.32 Å². The molecule has 2 fully saturated rings. The van der Waals surface area contributed by atoms with Gasteiger partial charge in [-0.05, 0) is 57.7 Å². The summed E-state index contributed by atoms with van der Waals surface area (Å²) in [7, 11) is 0. The number of nitrogens with one attached hydrogen (secondary N) is 1. The van der Waals surface area contributed by atoms with E-state index in [0.717, 1.165) is 12.8 Å². The fourth-order valence-corrected chi connectivity index (χ4v) is 5.63. The van der Waals surface area contributed by atoms with E-state index in [-0.39, 0.29) is 22.7 Å². The predicted octanol–water partition coefficient (Wildman–Crippen LogP) is 4.20. The largest absolute Gasteiger partial charge is 0.350 e. The molecule has 1 aliphatic heterocycles. The van der Waals surface area contributed by atoms with Gasteiger partial charge in [0.1, 0.15) is 11.9 Å². The SMILES string of the molecule is CC(C)(C)NC(=O)[C@@H]1CS[C@@H](C2CCCCC2)N1C(=O)c1cccc(F)c1. The highest BCUT2D eigenvalue weighted by atomic mass is 32.2. The topological polar surface area (TPSA) is 49.4 Å². The van der Waals surface area contributed by atoms with Gasteiger partial charge in [0.05, 0.1) is 5.37 Å². The van der Waals surface area contributed by atoms with Gasteiger partial charge in [0.15, 0.2) is 0 Å². The lowest BCUT2D eigenvalue weighted by Crippen LogP contribution is -2.54. The van der Waals surface area contributed by atoms with Crippen LogP contribution in [0.2, 0.25) is 0 Å². The van der Waals surface area contributed by atoms with Gasteiger partial charge in [-0.3, -0.25) is 9.59 Å². The van der Waals surface area contributed by atoms with E-state index in [1.807, 2.05) is 20.8 Å². The van der Waals surface area contributed by atoms with Crippen LogP contribution in [0.1, 0.15) is 63.2 Å². The van der Waals surface area contributed by atoms with Crippen molar-refractivity contribution in [1.29, 1.82) is 0 Å². The number of nitrogens with zero attached hydrogens (tertiary/aromatic N) is 1. The Morgan fingerprint density at radius 2 is 1.89 bits per heavy atom. The van der Waals surface area contributed by atoms with Crippen LogP contribution >= 0.6 is 11.8 Å². The molecule has 2 aliphatic rings. The Balaban J connectivity index is 1.89. The van der Waals surface area contributed by atoms with Gasteiger partial charge >= 0.3 is 0 Å². The van der Waals surface area contributed by atoms with E-state index in [0.29, 0.717) is 17.2 Å². The number of hydrogen-bond donors (Lipinski definition) is 1. The lowest BCUT2D eigenvalue weighted by molar-refractivity contribution is -0.126. The van der Waals surface area contributed by atoms with Crippen LogP contribution in [0.25, 0.3) is 0 Å². The number of halogens is 1. The Hall–Kier alpha value is -1.56. The van der Waals surface area contributed by atoms with Gasteiger partial charge in [-0.25, -0.2) is 4.39 Å². The first-order chi connectivity index (χ1) is 12.8. The van der Waals surface area contributed by atoms with Crippen LogP contribution in [-0.4, -0.2) is 39.4 Å². The fraction of sp³-hybridized carbons (Fsp3) is 0.619. The minimum Gasteiger partial charge on any atom is -0.350 e. The van der Waals surface area contributed by atoms with Gasteiger partial charge in [0, 0.05) is 16.9 Å². The molecule has 0 spiro atoms. The standard InChI is InChI=1S/C21H29FN2O2S/c1-21(2,3)23-18(25)17-13-27-20(14-8-5-4-6-9-14)24(17)19(26)15-10-7-11-16(22)12-15/h7,10-12,14,17,20H,4-6,8-9,13H2,1-3H3,(H,23,25)/t17-,20-/m0/s1. The molecule has 0 radical (unpaired) electrons. The Labute approximate surface area is 165 Å². The van der Waals surface area contributed by atoms with Crippen molar-refractivity contribution in [2.45, 2.75) is 69.8 Å². The lowest BCUT2D eigenvalue weighted by atomic mass is 9.88. The molecule has 0 bridgehead atoms. The fourth-order valence-electron chi connectivity index (χ4n) is 3.99. The molecule has 6 heteroatoms. The summed E-state index contributed by atoms with van der Waals surface area (Å²) in [4.78, 5) is 27.9. The number of carbonyl (C=O) groups excluding carboxylic acids is 2. The molecule has 148 valence electrons. The van der Waals surface area contributed by atoms with Gasteiger partial charge in [0.25, 0.3) is 5.91 Å². The van der Waals surface area contributed by atoms with Crippen molar-refractivity contribution in [3.63, 3.8) is 0 Å². The van der Waals surface area contributed by atoms with Crippen molar-refractivity contribution in [2.24, 2.45) is 5.92 Å². The van der Waals surface area contributed by atoms with Crippen molar-refractivity contribution >= 4 is 23.6 Å². The van der Waals surface area contributed by atoms with Crippen LogP contribution in [0.15, 0.2) is 24.3 Å². The summed E-state index contributed by atoms with van der Waals surface area (Å²) >= 11 is 1.70. The Morgan fingerprint density at radius 1 is 1.19 bits per heavy atom. The van der Waals surface area contributed by atoms with Crippen LogP contribution in [0.4, 0.5) is 4.39 Å². The molecular formula is C21H29FN2O2S. The molecule has 1 saturated heterocycles. The molecule has 2 amide bonds. The smallest absolute Gasteiger partial charge is 0.255 e. The van der Waals surface area contributed by atoms with Crippen LogP contribution in [-0.2, 0) is 4.79 Å². The van der Waals surface area contributed by atoms with Crippen molar-refractivity contribution in [1.82, 2.24) is 10.2 Å². The molecule has 1 saturated carbocycles. The number of thioether (sulfide) groups is 1. The summed E-state index contributed by atoms with van der Waals surface area (Å²) in [6.07, 6.45) is 5.74. The predicted molar refractivity (Wildman–Crippen MR) is 107 cm³/mol. The Kier molecular flexibility index (Phi) is 6.14. The second-order valence-corrected chi connectivity index (χ2v) is 9.75. The Morgan fingerprint density at radius 3 is 2.52 bits per heavy atom. The van der Waals surface area contributed by atoms with Crippen molar-refractivity contribution < 1.29 is 14.0 Å². The summed E-state index contributed by atoms with van der Waals surface area (Å²) < 4.78 is 13.7. The minimum absolute atomic E-state index is 0.0169. The van der Waals surface area contributed by atoms with Gasteiger partial charge in [0.2, 0.25) is 5.91 Å². The third-order valence-electron chi connectivity index (χ3n) is 5.19. The highest BCUT2D eigenvalue weighted by Gasteiger charge is 2.45. The average Bonchev–Trinajstić information content (AvgIpc) is 3.05. The first kappa shape index (κ1) is 20.2. The third-order valence-corrected chi connectivity index (χ3v) is 6.66. The monoisotopic (exact) mass is 392 g/mol. The van der Waals surface area contributed by atoms with Gasteiger partial charge in [-0.2, -0.15) is 0 Å². The number of carbonyl (C=O) groups is 2. The van der Waals surface area contributed by atoms with Gasteiger partial charge in [-0.15, -0.1) is 11.8 Å². The molecule has 1 aliphatic carbocycles. The van der Waals surface area contributed by atoms with E-state index in [1.54, 1.807) is 28.8 Å². The first-order valence-electron chi connectivity index (χ1n) is 9.78. The van der Waals surface area contributed by atoms with Gasteiger partial charge < -0.3 is 10.2 Å². The van der Waals surface area contributed by atoms with E-state index >= 15 is 0 Å². The second kappa shape index (κ2) is 8.21. The minimum atomic E-state index is -0.517. The molecule has 0 unspecified atom stereocenters. The summed E-state index contributed by atoms with van der Waals surface area (Å²) in [5.41, 5.74) is -0.0509. The summed E-state index contributed by atoms with van der Waals surface area (Å²) in [5, 5.41) is 3.00. The second-order valence-electron chi connectivity index (χ2n) is 8.60. The summed E-state index contributed by atoms with van der Waals surface area (Å²) in [5.74, 6) is 0.179. The zero-order valence-corrected chi connectivity index (χ0v) is 17.2.